The fraction of sp³-hybridized carbons (Fsp3) is 0.464. The van der Waals surface area contributed by atoms with Gasteiger partial charge in [0, 0.05) is 39.0 Å². The molecule has 0 unspecified atom stereocenters. The molecule has 0 radical (unpaired) electrons. The van der Waals surface area contributed by atoms with E-state index in [1.165, 1.54) is 29.4 Å². The fourth-order valence-electron chi connectivity index (χ4n) is 4.19. The van der Waals surface area contributed by atoms with E-state index in [0.29, 0.717) is 45.6 Å². The van der Waals surface area contributed by atoms with Crippen molar-refractivity contribution >= 4 is 17.7 Å². The van der Waals surface area contributed by atoms with Crippen LogP contribution in [0.5, 0.6) is 0 Å². The second kappa shape index (κ2) is 15.1. The van der Waals surface area contributed by atoms with Gasteiger partial charge in [-0.25, -0.2) is 0 Å². The van der Waals surface area contributed by atoms with E-state index in [1.807, 2.05) is 24.3 Å². The number of fused-ring (bicyclic) bond motifs is 3. The number of carbonyl (C=O) groups excluding carboxylic acids is 3. The molecule has 0 saturated carbocycles. The van der Waals surface area contributed by atoms with Crippen molar-refractivity contribution in [1.29, 1.82) is 0 Å². The van der Waals surface area contributed by atoms with Crippen molar-refractivity contribution in [3.63, 3.8) is 0 Å². The highest BCUT2D eigenvalue weighted by Gasteiger charge is 2.28. The molecule has 1 aliphatic carbocycles. The first kappa shape index (κ1) is 27.5. The Hall–Kier alpha value is -3.07. The standard InChI is InChI=1S/C28H35NO7/c1-33-18-21(30)8-6-14-29-27(31)20-35-17-16-34-15-7-13-28(32)36-19-26-24-11-4-2-9-22(24)23-10-3-5-12-25(23)26/h2-5,9-12,26H,6-8,13-20H2,1H3,(H,29,31). The lowest BCUT2D eigenvalue weighted by Crippen LogP contribution is -2.29. The summed E-state index contributed by atoms with van der Waals surface area (Å²) < 4.78 is 21.1. The van der Waals surface area contributed by atoms with Crippen molar-refractivity contribution < 1.29 is 33.3 Å². The molecule has 8 nitrogen and oxygen atoms in total. The van der Waals surface area contributed by atoms with Crippen LogP contribution in [-0.2, 0) is 33.3 Å². The van der Waals surface area contributed by atoms with Gasteiger partial charge in [0.25, 0.3) is 0 Å². The van der Waals surface area contributed by atoms with Gasteiger partial charge < -0.3 is 24.3 Å². The van der Waals surface area contributed by atoms with Crippen LogP contribution in [-0.4, -0.2) is 71.0 Å². The average molecular weight is 498 g/mol. The first-order valence-electron chi connectivity index (χ1n) is 12.4. The van der Waals surface area contributed by atoms with E-state index in [9.17, 15) is 14.4 Å². The number of amides is 1. The molecule has 0 aromatic heterocycles. The second-order valence-electron chi connectivity index (χ2n) is 8.60. The molecule has 2 aromatic carbocycles. The third-order valence-corrected chi connectivity index (χ3v) is 5.91. The number of benzene rings is 2. The highest BCUT2D eigenvalue weighted by Crippen LogP contribution is 2.44. The quantitative estimate of drug-likeness (QED) is 0.264. The van der Waals surface area contributed by atoms with Crippen molar-refractivity contribution in [3.05, 3.63) is 59.7 Å². The van der Waals surface area contributed by atoms with E-state index in [4.69, 9.17) is 18.9 Å². The first-order valence-corrected chi connectivity index (χ1v) is 12.4. The summed E-state index contributed by atoms with van der Waals surface area (Å²) in [6, 6.07) is 16.5. The maximum atomic E-state index is 12.2. The van der Waals surface area contributed by atoms with Crippen LogP contribution in [0.2, 0.25) is 0 Å². The van der Waals surface area contributed by atoms with Crippen molar-refractivity contribution in [2.24, 2.45) is 0 Å². The number of ketones is 1. The van der Waals surface area contributed by atoms with Gasteiger partial charge >= 0.3 is 5.97 Å². The number of methoxy groups -OCH3 is 1. The van der Waals surface area contributed by atoms with Crippen molar-refractivity contribution in [2.45, 2.75) is 31.6 Å². The Morgan fingerprint density at radius 2 is 1.47 bits per heavy atom. The number of rotatable bonds is 17. The predicted molar refractivity (Wildman–Crippen MR) is 135 cm³/mol. The van der Waals surface area contributed by atoms with Gasteiger partial charge in [0.2, 0.25) is 5.91 Å². The summed E-state index contributed by atoms with van der Waals surface area (Å²) in [5.41, 5.74) is 4.80. The van der Waals surface area contributed by atoms with Gasteiger partial charge in [0.15, 0.2) is 5.78 Å². The van der Waals surface area contributed by atoms with Crippen molar-refractivity contribution in [1.82, 2.24) is 5.32 Å². The van der Waals surface area contributed by atoms with Crippen LogP contribution in [0, 0.1) is 0 Å². The van der Waals surface area contributed by atoms with Crippen LogP contribution >= 0.6 is 0 Å². The molecule has 3 rings (SSSR count). The summed E-state index contributed by atoms with van der Waals surface area (Å²) in [7, 11) is 1.48. The Morgan fingerprint density at radius 1 is 0.806 bits per heavy atom. The van der Waals surface area contributed by atoms with Crippen molar-refractivity contribution in [3.8, 4) is 11.1 Å². The van der Waals surface area contributed by atoms with E-state index in [0.717, 1.165) is 0 Å². The van der Waals surface area contributed by atoms with Crippen LogP contribution in [0.25, 0.3) is 11.1 Å². The van der Waals surface area contributed by atoms with Gasteiger partial charge in [-0.1, -0.05) is 48.5 Å². The fourth-order valence-corrected chi connectivity index (χ4v) is 4.19. The smallest absolute Gasteiger partial charge is 0.305 e. The Morgan fingerprint density at radius 3 is 2.17 bits per heavy atom. The molecule has 0 bridgehead atoms. The second-order valence-corrected chi connectivity index (χ2v) is 8.60. The first-order chi connectivity index (χ1) is 17.6. The van der Waals surface area contributed by atoms with Crippen LogP contribution in [0.3, 0.4) is 0 Å². The maximum Gasteiger partial charge on any atom is 0.305 e. The predicted octanol–water partition coefficient (Wildman–Crippen LogP) is 3.27. The lowest BCUT2D eigenvalue weighted by molar-refractivity contribution is -0.144. The zero-order valence-corrected chi connectivity index (χ0v) is 20.8. The van der Waals surface area contributed by atoms with Gasteiger partial charge in [-0.2, -0.15) is 0 Å². The summed E-state index contributed by atoms with van der Waals surface area (Å²) in [5.74, 6) is -0.398. The number of nitrogens with one attached hydrogen (secondary N) is 1. The summed E-state index contributed by atoms with van der Waals surface area (Å²) in [6.07, 6.45) is 1.78. The highest BCUT2D eigenvalue weighted by atomic mass is 16.5. The number of hydrogen-bond donors (Lipinski definition) is 1. The molecular formula is C28H35NO7. The molecule has 0 heterocycles. The van der Waals surface area contributed by atoms with Gasteiger partial charge in [-0.15, -0.1) is 0 Å². The number of Topliss-reactive ketones (excluding diaryl/α,β-unsaturated/α-hetero) is 1. The Labute approximate surface area is 212 Å². The maximum absolute atomic E-state index is 12.2. The zero-order chi connectivity index (χ0) is 25.6. The van der Waals surface area contributed by atoms with Crippen LogP contribution < -0.4 is 5.32 Å². The Balaban J connectivity index is 1.20. The van der Waals surface area contributed by atoms with Gasteiger partial charge in [-0.05, 0) is 35.1 Å². The summed E-state index contributed by atoms with van der Waals surface area (Å²) in [6.45, 7) is 1.82. The van der Waals surface area contributed by atoms with E-state index in [1.54, 1.807) is 0 Å². The minimum absolute atomic E-state index is 0.0128. The minimum Gasteiger partial charge on any atom is -0.465 e. The molecule has 8 heteroatoms. The van der Waals surface area contributed by atoms with Crippen molar-refractivity contribution in [2.75, 3.05) is 53.3 Å². The number of carbonyl (C=O) groups is 3. The molecule has 0 spiro atoms. The lowest BCUT2D eigenvalue weighted by Gasteiger charge is -2.14. The molecule has 36 heavy (non-hydrogen) atoms. The summed E-state index contributed by atoms with van der Waals surface area (Å²) in [4.78, 5) is 35.2. The third kappa shape index (κ3) is 8.55. The van der Waals surface area contributed by atoms with Gasteiger partial charge in [-0.3, -0.25) is 14.4 Å². The largest absolute Gasteiger partial charge is 0.465 e. The van der Waals surface area contributed by atoms with Gasteiger partial charge in [0.05, 0.1) is 13.2 Å². The Kier molecular flexibility index (Phi) is 11.6. The molecule has 194 valence electrons. The molecule has 1 N–H and O–H groups in total. The number of hydrogen-bond acceptors (Lipinski definition) is 7. The number of ether oxygens (including phenoxy) is 4. The highest BCUT2D eigenvalue weighted by molar-refractivity contribution is 5.80. The zero-order valence-electron chi connectivity index (χ0n) is 20.8. The molecule has 2 aromatic rings. The number of esters is 1. The lowest BCUT2D eigenvalue weighted by atomic mass is 9.98. The SMILES string of the molecule is COCC(=O)CCCNC(=O)COCCOCCCC(=O)OCC1c2ccccc2-c2ccccc21. The molecule has 1 aliphatic rings. The monoisotopic (exact) mass is 497 g/mol. The molecule has 1 amide bonds. The van der Waals surface area contributed by atoms with E-state index >= 15 is 0 Å². The van der Waals surface area contributed by atoms with Crippen LogP contribution in [0.15, 0.2) is 48.5 Å². The molecule has 0 aliphatic heterocycles. The molecule has 0 fully saturated rings. The normalized spacial score (nSPS) is 12.1. The van der Waals surface area contributed by atoms with Crippen LogP contribution in [0.4, 0.5) is 0 Å². The average Bonchev–Trinajstić information content (AvgIpc) is 3.21. The summed E-state index contributed by atoms with van der Waals surface area (Å²) in [5, 5.41) is 2.70. The third-order valence-electron chi connectivity index (χ3n) is 5.91. The molecule has 0 saturated heterocycles. The van der Waals surface area contributed by atoms with E-state index < -0.39 is 0 Å². The minimum atomic E-state index is -0.239. The van der Waals surface area contributed by atoms with E-state index in [2.05, 4.69) is 29.6 Å². The topological polar surface area (TPSA) is 100 Å². The Bertz CT molecular complexity index is 961. The molecular weight excluding hydrogens is 462 g/mol. The summed E-state index contributed by atoms with van der Waals surface area (Å²) >= 11 is 0. The van der Waals surface area contributed by atoms with Gasteiger partial charge in [0.1, 0.15) is 19.8 Å². The van der Waals surface area contributed by atoms with Crippen LogP contribution in [0.1, 0.15) is 42.7 Å². The molecule has 0 atom stereocenters. The van der Waals surface area contributed by atoms with E-state index in [-0.39, 0.29) is 49.8 Å².